The van der Waals surface area contributed by atoms with Gasteiger partial charge in [0.2, 0.25) is 5.91 Å². The van der Waals surface area contributed by atoms with E-state index >= 15 is 0 Å². The van der Waals surface area contributed by atoms with Crippen molar-refractivity contribution in [2.75, 3.05) is 6.54 Å². The van der Waals surface area contributed by atoms with E-state index in [2.05, 4.69) is 5.32 Å². The average Bonchev–Trinajstić information content (AvgIpc) is 2.92. The lowest BCUT2D eigenvalue weighted by Gasteiger charge is -2.36. The smallest absolute Gasteiger partial charge is 0.306 e. The van der Waals surface area contributed by atoms with Crippen LogP contribution in [0.15, 0.2) is 48.5 Å². The topological polar surface area (TPSA) is 92.7 Å². The van der Waals surface area contributed by atoms with E-state index in [0.717, 1.165) is 50.5 Å². The van der Waals surface area contributed by atoms with Crippen molar-refractivity contribution in [2.24, 2.45) is 5.92 Å². The zero-order chi connectivity index (χ0) is 26.3. The van der Waals surface area contributed by atoms with Gasteiger partial charge in [0.05, 0.1) is 17.4 Å². The molecule has 2 aliphatic rings. The molecule has 37 heavy (non-hydrogen) atoms. The Balaban J connectivity index is 1.23. The maximum atomic E-state index is 13.3. The van der Waals surface area contributed by atoms with Gasteiger partial charge in [0.25, 0.3) is 0 Å². The van der Waals surface area contributed by atoms with E-state index in [4.69, 9.17) is 21.4 Å². The molecule has 0 radical (unpaired) electrons. The molecule has 0 aromatic heterocycles. The van der Waals surface area contributed by atoms with Crippen LogP contribution in [0, 0.1) is 5.92 Å². The number of nitrogens with one attached hydrogen (secondary N) is 1. The van der Waals surface area contributed by atoms with Gasteiger partial charge in [0.1, 0.15) is 5.75 Å². The number of ketones is 1. The summed E-state index contributed by atoms with van der Waals surface area (Å²) in [6, 6.07) is 14.8. The summed E-state index contributed by atoms with van der Waals surface area (Å²) in [5.41, 5.74) is 1.12. The maximum Gasteiger partial charge on any atom is 0.306 e. The number of carboxylic acids is 1. The van der Waals surface area contributed by atoms with Gasteiger partial charge >= 0.3 is 5.97 Å². The van der Waals surface area contributed by atoms with E-state index in [1.807, 2.05) is 24.3 Å². The molecule has 0 atom stereocenters. The van der Waals surface area contributed by atoms with E-state index < -0.39 is 11.4 Å². The minimum Gasteiger partial charge on any atom is -0.490 e. The number of carbonyl (C=O) groups is 3. The lowest BCUT2D eigenvalue weighted by molar-refractivity contribution is -0.143. The number of Topliss-reactive ketones (excluding diaryl/α,β-unsaturated/α-hetero) is 1. The number of benzene rings is 2. The molecule has 7 heteroatoms. The third kappa shape index (κ3) is 6.92. The Morgan fingerprint density at radius 3 is 2.19 bits per heavy atom. The summed E-state index contributed by atoms with van der Waals surface area (Å²) >= 11 is 6.07. The second-order valence-corrected chi connectivity index (χ2v) is 10.8. The molecule has 0 aliphatic heterocycles. The van der Waals surface area contributed by atoms with E-state index in [0.29, 0.717) is 48.6 Å². The van der Waals surface area contributed by atoms with Crippen LogP contribution in [0.4, 0.5) is 0 Å². The number of rotatable bonds is 10. The molecule has 198 valence electrons. The zero-order valence-corrected chi connectivity index (χ0v) is 22.0. The molecule has 1 amide bonds. The Morgan fingerprint density at radius 2 is 1.57 bits per heavy atom. The summed E-state index contributed by atoms with van der Waals surface area (Å²) < 4.78 is 5.99. The van der Waals surface area contributed by atoms with Crippen LogP contribution in [-0.4, -0.2) is 35.4 Å². The average molecular weight is 526 g/mol. The van der Waals surface area contributed by atoms with Crippen LogP contribution < -0.4 is 10.1 Å². The van der Waals surface area contributed by atoms with Crippen LogP contribution >= 0.6 is 11.6 Å². The third-order valence-electron chi connectivity index (χ3n) is 7.91. The van der Waals surface area contributed by atoms with Crippen molar-refractivity contribution in [1.82, 2.24) is 5.32 Å². The first-order valence-electron chi connectivity index (χ1n) is 13.4. The molecule has 2 aliphatic carbocycles. The SMILES string of the molecule is O=C(CCCNC(=O)C1(c2ccc(Cl)cc2)CCCCC1)c1ccc(OC2CCC(C(=O)O)CC2)cc1. The predicted molar refractivity (Wildman–Crippen MR) is 143 cm³/mol. The molecule has 2 aromatic carbocycles. The Hall–Kier alpha value is -2.86. The zero-order valence-electron chi connectivity index (χ0n) is 21.2. The standard InChI is InChI=1S/C30H36ClNO5/c31-24-12-10-23(11-13-24)30(18-2-1-3-19-30)29(36)32-20-4-5-27(33)21-6-14-25(15-7-21)37-26-16-8-22(9-17-26)28(34)35/h6-7,10-15,22,26H,1-5,8-9,16-20H2,(H,32,36)(H,34,35). The van der Waals surface area contributed by atoms with Crippen molar-refractivity contribution in [1.29, 1.82) is 0 Å². The minimum absolute atomic E-state index is 0.0149. The quantitative estimate of drug-likeness (QED) is 0.279. The highest BCUT2D eigenvalue weighted by molar-refractivity contribution is 6.30. The molecule has 2 aromatic rings. The van der Waals surface area contributed by atoms with Gasteiger partial charge in [-0.3, -0.25) is 14.4 Å². The van der Waals surface area contributed by atoms with Gasteiger partial charge in [0.15, 0.2) is 5.78 Å². The van der Waals surface area contributed by atoms with Crippen LogP contribution in [0.5, 0.6) is 5.75 Å². The monoisotopic (exact) mass is 525 g/mol. The van der Waals surface area contributed by atoms with Crippen LogP contribution in [0.1, 0.15) is 86.6 Å². The van der Waals surface area contributed by atoms with Gasteiger partial charge in [-0.05, 0) is 86.9 Å². The Labute approximate surface area is 223 Å². The Kier molecular flexibility index (Phi) is 9.25. The van der Waals surface area contributed by atoms with Gasteiger partial charge in [-0.25, -0.2) is 0 Å². The maximum absolute atomic E-state index is 13.3. The highest BCUT2D eigenvalue weighted by atomic mass is 35.5. The van der Waals surface area contributed by atoms with Gasteiger partial charge in [-0.1, -0.05) is 43.0 Å². The lowest BCUT2D eigenvalue weighted by Crippen LogP contribution is -2.46. The van der Waals surface area contributed by atoms with E-state index in [1.165, 1.54) is 0 Å². The molecule has 2 N–H and O–H groups in total. The number of halogens is 1. The third-order valence-corrected chi connectivity index (χ3v) is 8.16. The first-order chi connectivity index (χ1) is 17.9. The minimum atomic E-state index is -0.726. The second kappa shape index (κ2) is 12.6. The fourth-order valence-corrected chi connectivity index (χ4v) is 5.80. The number of amides is 1. The molecule has 4 rings (SSSR count). The first-order valence-corrected chi connectivity index (χ1v) is 13.8. The first kappa shape index (κ1) is 27.2. The number of carbonyl (C=O) groups excluding carboxylic acids is 2. The predicted octanol–water partition coefficient (Wildman–Crippen LogP) is 6.34. The van der Waals surface area contributed by atoms with E-state index in [-0.39, 0.29) is 23.7 Å². The number of hydrogen-bond donors (Lipinski definition) is 2. The van der Waals surface area contributed by atoms with Crippen molar-refractivity contribution in [3.05, 3.63) is 64.7 Å². The van der Waals surface area contributed by atoms with Crippen LogP contribution in [0.25, 0.3) is 0 Å². The van der Waals surface area contributed by atoms with Crippen LogP contribution in [0.2, 0.25) is 5.02 Å². The van der Waals surface area contributed by atoms with Crippen molar-refractivity contribution in [2.45, 2.75) is 82.1 Å². The molecule has 0 bridgehead atoms. The second-order valence-electron chi connectivity index (χ2n) is 10.4. The van der Waals surface area contributed by atoms with E-state index in [1.54, 1.807) is 24.3 Å². The van der Waals surface area contributed by atoms with Gasteiger partial charge in [-0.15, -0.1) is 0 Å². The molecule has 0 saturated heterocycles. The van der Waals surface area contributed by atoms with Crippen molar-refractivity contribution >= 4 is 29.3 Å². The summed E-state index contributed by atoms with van der Waals surface area (Å²) in [4.78, 5) is 37.1. The summed E-state index contributed by atoms with van der Waals surface area (Å²) in [5, 5.41) is 12.9. The molecular formula is C30H36ClNO5. The van der Waals surface area contributed by atoms with Gasteiger partial charge in [0, 0.05) is 23.6 Å². The molecular weight excluding hydrogens is 490 g/mol. The van der Waals surface area contributed by atoms with Crippen molar-refractivity contribution in [3.8, 4) is 5.75 Å². The largest absolute Gasteiger partial charge is 0.490 e. The van der Waals surface area contributed by atoms with Crippen LogP contribution in [-0.2, 0) is 15.0 Å². The highest BCUT2D eigenvalue weighted by Crippen LogP contribution is 2.40. The lowest BCUT2D eigenvalue weighted by atomic mass is 9.68. The Bertz CT molecular complexity index is 1070. The molecule has 0 spiro atoms. The summed E-state index contributed by atoms with van der Waals surface area (Å²) in [6.45, 7) is 0.458. The Morgan fingerprint density at radius 1 is 0.919 bits per heavy atom. The van der Waals surface area contributed by atoms with Gasteiger partial charge in [-0.2, -0.15) is 0 Å². The van der Waals surface area contributed by atoms with E-state index in [9.17, 15) is 14.4 Å². The molecule has 2 fully saturated rings. The molecule has 0 unspecified atom stereocenters. The number of hydrogen-bond acceptors (Lipinski definition) is 4. The molecule has 0 heterocycles. The van der Waals surface area contributed by atoms with Crippen molar-refractivity contribution < 1.29 is 24.2 Å². The number of aliphatic carboxylic acids is 1. The molecule has 6 nitrogen and oxygen atoms in total. The van der Waals surface area contributed by atoms with Crippen molar-refractivity contribution in [3.63, 3.8) is 0 Å². The summed E-state index contributed by atoms with van der Waals surface area (Å²) in [6.07, 6.45) is 8.51. The van der Waals surface area contributed by atoms with Crippen LogP contribution in [0.3, 0.4) is 0 Å². The highest BCUT2D eigenvalue weighted by Gasteiger charge is 2.40. The fourth-order valence-electron chi connectivity index (χ4n) is 5.67. The summed E-state index contributed by atoms with van der Waals surface area (Å²) in [5.74, 6) is -0.220. The normalized spacial score (nSPS) is 21.1. The molecule has 2 saturated carbocycles. The number of ether oxygens (including phenoxy) is 1. The van der Waals surface area contributed by atoms with Gasteiger partial charge < -0.3 is 15.2 Å². The number of carboxylic acid groups (broad SMARTS) is 1. The fraction of sp³-hybridized carbons (Fsp3) is 0.500. The summed E-state index contributed by atoms with van der Waals surface area (Å²) in [7, 11) is 0.